The van der Waals surface area contributed by atoms with Crippen LogP contribution in [0.15, 0.2) is 40.6 Å². The molecule has 0 amide bonds. The van der Waals surface area contributed by atoms with E-state index < -0.39 is 5.97 Å². The van der Waals surface area contributed by atoms with Crippen LogP contribution < -0.4 is 15.6 Å². The summed E-state index contributed by atoms with van der Waals surface area (Å²) >= 11 is 7.63. The van der Waals surface area contributed by atoms with E-state index in [1.165, 1.54) is 22.1 Å². The normalized spacial score (nSPS) is 11.1. The van der Waals surface area contributed by atoms with Gasteiger partial charge in [0.1, 0.15) is 35.6 Å². The van der Waals surface area contributed by atoms with Gasteiger partial charge in [-0.25, -0.2) is 14.8 Å². The summed E-state index contributed by atoms with van der Waals surface area (Å²) in [6, 6.07) is 9.10. The summed E-state index contributed by atoms with van der Waals surface area (Å²) in [5.74, 6) is 0.229. The number of thiophene rings is 1. The summed E-state index contributed by atoms with van der Waals surface area (Å²) in [4.78, 5) is 38.2. The third kappa shape index (κ3) is 4.65. The van der Waals surface area contributed by atoms with Gasteiger partial charge < -0.3 is 15.2 Å². The molecular formula is C27H21ClN6O4S. The fourth-order valence-electron chi connectivity index (χ4n) is 4.45. The van der Waals surface area contributed by atoms with Crippen LogP contribution >= 0.6 is 22.9 Å². The second kappa shape index (κ2) is 10.3. The lowest BCUT2D eigenvalue weighted by Crippen LogP contribution is -2.27. The number of carbonyl (C=O) groups is 1. The minimum atomic E-state index is -1.05. The van der Waals surface area contributed by atoms with Crippen LogP contribution in [0.3, 0.4) is 0 Å². The molecule has 0 aliphatic carbocycles. The van der Waals surface area contributed by atoms with E-state index in [0.717, 1.165) is 5.56 Å². The summed E-state index contributed by atoms with van der Waals surface area (Å²) in [5.41, 5.74) is 2.73. The fraction of sp³-hybridized carbons (Fsp3) is 0.185. The van der Waals surface area contributed by atoms with Crippen molar-refractivity contribution in [3.05, 3.63) is 73.9 Å². The smallest absolute Gasteiger partial charge is 0.338 e. The average molecular weight is 561 g/mol. The minimum absolute atomic E-state index is 0.118. The number of nitrogens with zero attached hydrogens (tertiary/aromatic N) is 5. The fourth-order valence-corrected chi connectivity index (χ4v) is 5.64. The summed E-state index contributed by atoms with van der Waals surface area (Å²) in [6.45, 7) is 3.79. The molecule has 0 aliphatic rings. The number of halogens is 1. The number of aryl methyl sites for hydroxylation is 2. The number of hydrogen-bond acceptors (Lipinski definition) is 9. The van der Waals surface area contributed by atoms with E-state index in [1.54, 1.807) is 44.5 Å². The van der Waals surface area contributed by atoms with E-state index >= 15 is 0 Å². The van der Waals surface area contributed by atoms with Crippen molar-refractivity contribution in [2.45, 2.75) is 20.4 Å². The molecule has 5 rings (SSSR count). The number of anilines is 1. The van der Waals surface area contributed by atoms with Crippen molar-refractivity contribution in [3.63, 3.8) is 0 Å². The SMILES string of the molecule is CNc1ncc2nc(C)n(CCOc3ccc(Cl)cc3-c3cc(C)nc4c(C(=O)O)csc34)c(=O)c2c1C#N. The maximum Gasteiger partial charge on any atom is 0.338 e. The Hall–Kier alpha value is -4.53. The predicted molar refractivity (Wildman–Crippen MR) is 150 cm³/mol. The number of ether oxygens (including phenoxy) is 1. The molecule has 0 spiro atoms. The van der Waals surface area contributed by atoms with Gasteiger partial charge in [0, 0.05) is 34.3 Å². The zero-order valence-electron chi connectivity index (χ0n) is 21.1. The Balaban J connectivity index is 1.52. The number of nitrogens with one attached hydrogen (secondary N) is 1. The highest BCUT2D eigenvalue weighted by Gasteiger charge is 2.20. The van der Waals surface area contributed by atoms with Crippen molar-refractivity contribution in [1.82, 2.24) is 19.5 Å². The van der Waals surface area contributed by atoms with Crippen molar-refractivity contribution in [2.75, 3.05) is 19.0 Å². The molecule has 0 radical (unpaired) electrons. The van der Waals surface area contributed by atoms with Crippen molar-refractivity contribution < 1.29 is 14.6 Å². The molecule has 0 fully saturated rings. The number of carboxylic acid groups (broad SMARTS) is 1. The van der Waals surface area contributed by atoms with E-state index in [2.05, 4.69) is 26.3 Å². The Labute approximate surface area is 231 Å². The Morgan fingerprint density at radius 3 is 2.77 bits per heavy atom. The topological polar surface area (TPSA) is 143 Å². The van der Waals surface area contributed by atoms with Crippen molar-refractivity contribution >= 4 is 55.8 Å². The first kappa shape index (κ1) is 26.1. The number of fused-ring (bicyclic) bond motifs is 2. The number of benzene rings is 1. The van der Waals surface area contributed by atoms with E-state index in [4.69, 9.17) is 16.3 Å². The van der Waals surface area contributed by atoms with E-state index in [0.29, 0.717) is 49.4 Å². The van der Waals surface area contributed by atoms with Crippen LogP contribution in [0, 0.1) is 25.2 Å². The Morgan fingerprint density at radius 2 is 2.05 bits per heavy atom. The lowest BCUT2D eigenvalue weighted by atomic mass is 10.0. The standard InChI is InChI=1S/C27H21ClN6O4S/c1-13-8-17(24-23(32-13)19(12-39-24)27(36)37)16-9-15(28)4-5-21(16)38-7-6-34-14(2)33-20-11-31-25(30-3)18(10-29)22(20)26(34)35/h4-5,8-9,11-12H,6-7H2,1-3H3,(H,30,31)(H,36,37). The highest BCUT2D eigenvalue weighted by atomic mass is 35.5. The zero-order chi connectivity index (χ0) is 27.8. The molecule has 196 valence electrons. The maximum absolute atomic E-state index is 13.4. The van der Waals surface area contributed by atoms with Gasteiger partial charge >= 0.3 is 5.97 Å². The first-order valence-electron chi connectivity index (χ1n) is 11.8. The van der Waals surface area contributed by atoms with Gasteiger partial charge in [-0.05, 0) is 38.1 Å². The quantitative estimate of drug-likeness (QED) is 0.280. The van der Waals surface area contributed by atoms with Gasteiger partial charge in [-0.2, -0.15) is 5.26 Å². The first-order chi connectivity index (χ1) is 18.7. The monoisotopic (exact) mass is 560 g/mol. The van der Waals surface area contributed by atoms with Gasteiger partial charge in [0.2, 0.25) is 0 Å². The van der Waals surface area contributed by atoms with Gasteiger partial charge in [0.25, 0.3) is 5.56 Å². The number of aromatic nitrogens is 4. The van der Waals surface area contributed by atoms with Gasteiger partial charge in [0.15, 0.2) is 0 Å². The summed E-state index contributed by atoms with van der Waals surface area (Å²) < 4.78 is 8.32. The molecule has 0 saturated carbocycles. The largest absolute Gasteiger partial charge is 0.491 e. The summed E-state index contributed by atoms with van der Waals surface area (Å²) in [7, 11) is 1.63. The number of aromatic carboxylic acids is 1. The molecule has 0 aliphatic heterocycles. The van der Waals surface area contributed by atoms with Crippen molar-refractivity contribution in [1.29, 1.82) is 5.26 Å². The molecule has 0 unspecified atom stereocenters. The van der Waals surface area contributed by atoms with Crippen LogP contribution in [0.25, 0.3) is 32.2 Å². The van der Waals surface area contributed by atoms with Crippen LogP contribution in [0.5, 0.6) is 5.75 Å². The number of pyridine rings is 2. The van der Waals surface area contributed by atoms with Crippen LogP contribution in [0.2, 0.25) is 5.02 Å². The highest BCUT2D eigenvalue weighted by molar-refractivity contribution is 7.18. The Bertz CT molecular complexity index is 1890. The molecule has 0 atom stereocenters. The molecule has 1 aromatic carbocycles. The molecule has 0 saturated heterocycles. The lowest BCUT2D eigenvalue weighted by Gasteiger charge is -2.16. The molecular weight excluding hydrogens is 540 g/mol. The van der Waals surface area contributed by atoms with Crippen LogP contribution in [-0.2, 0) is 6.54 Å². The zero-order valence-corrected chi connectivity index (χ0v) is 22.6. The molecule has 5 aromatic rings. The second-order valence-corrected chi connectivity index (χ2v) is 9.97. The minimum Gasteiger partial charge on any atom is -0.491 e. The Morgan fingerprint density at radius 1 is 1.26 bits per heavy atom. The van der Waals surface area contributed by atoms with Gasteiger partial charge in [-0.1, -0.05) is 11.6 Å². The predicted octanol–water partition coefficient (Wildman–Crippen LogP) is 5.03. The molecule has 4 aromatic heterocycles. The van der Waals surface area contributed by atoms with Crippen molar-refractivity contribution in [2.24, 2.45) is 0 Å². The van der Waals surface area contributed by atoms with E-state index in [-0.39, 0.29) is 35.2 Å². The third-order valence-electron chi connectivity index (χ3n) is 6.22. The van der Waals surface area contributed by atoms with Gasteiger partial charge in [-0.15, -0.1) is 11.3 Å². The molecule has 2 N–H and O–H groups in total. The van der Waals surface area contributed by atoms with Gasteiger partial charge in [-0.3, -0.25) is 14.3 Å². The number of hydrogen-bond donors (Lipinski definition) is 2. The van der Waals surface area contributed by atoms with E-state index in [9.17, 15) is 20.0 Å². The molecule has 39 heavy (non-hydrogen) atoms. The highest BCUT2D eigenvalue weighted by Crippen LogP contribution is 2.40. The number of rotatable bonds is 7. The maximum atomic E-state index is 13.4. The number of carboxylic acids is 1. The molecule has 10 nitrogen and oxygen atoms in total. The Kier molecular flexibility index (Phi) is 6.91. The lowest BCUT2D eigenvalue weighted by molar-refractivity contribution is 0.0699. The summed E-state index contributed by atoms with van der Waals surface area (Å²) in [5, 5.41) is 24.3. The second-order valence-electron chi connectivity index (χ2n) is 8.65. The van der Waals surface area contributed by atoms with Crippen LogP contribution in [0.1, 0.15) is 27.4 Å². The summed E-state index contributed by atoms with van der Waals surface area (Å²) in [6.07, 6.45) is 1.47. The van der Waals surface area contributed by atoms with Gasteiger partial charge in [0.05, 0.1) is 39.4 Å². The van der Waals surface area contributed by atoms with Crippen molar-refractivity contribution in [3.8, 4) is 22.9 Å². The third-order valence-corrected chi connectivity index (χ3v) is 7.46. The first-order valence-corrected chi connectivity index (χ1v) is 13.0. The molecule has 12 heteroatoms. The van der Waals surface area contributed by atoms with E-state index in [1.807, 2.05) is 6.07 Å². The van der Waals surface area contributed by atoms with Crippen LogP contribution in [0.4, 0.5) is 5.82 Å². The molecule has 0 bridgehead atoms. The van der Waals surface area contributed by atoms with Crippen LogP contribution in [-0.4, -0.2) is 44.2 Å². The number of nitriles is 1. The average Bonchev–Trinajstić information content (AvgIpc) is 3.34. The molecule has 4 heterocycles.